The molecular formula is C25H22BrFO4. The predicted molar refractivity (Wildman–Crippen MR) is 121 cm³/mol. The zero-order chi connectivity index (χ0) is 22.0. The number of carbonyl (C=O) groups excluding carboxylic acids is 1. The van der Waals surface area contributed by atoms with Crippen molar-refractivity contribution in [1.29, 1.82) is 0 Å². The SMILES string of the molecule is COc1cc(CC2COc3c(cc(CBr)cc3-c3ccc(F)cc3)C2=O)cc(OC)c1. The van der Waals surface area contributed by atoms with E-state index in [0.717, 1.165) is 22.3 Å². The number of fused-ring (bicyclic) bond motifs is 1. The summed E-state index contributed by atoms with van der Waals surface area (Å²) in [4.78, 5) is 13.4. The van der Waals surface area contributed by atoms with Crippen molar-refractivity contribution in [2.75, 3.05) is 20.8 Å². The second-order valence-electron chi connectivity index (χ2n) is 7.46. The monoisotopic (exact) mass is 484 g/mol. The van der Waals surface area contributed by atoms with Crippen LogP contribution < -0.4 is 14.2 Å². The molecule has 160 valence electrons. The molecule has 1 aliphatic rings. The van der Waals surface area contributed by atoms with E-state index in [-0.39, 0.29) is 24.1 Å². The third-order valence-electron chi connectivity index (χ3n) is 5.42. The largest absolute Gasteiger partial charge is 0.497 e. The van der Waals surface area contributed by atoms with Gasteiger partial charge in [-0.2, -0.15) is 0 Å². The second-order valence-corrected chi connectivity index (χ2v) is 8.02. The molecule has 0 amide bonds. The smallest absolute Gasteiger partial charge is 0.173 e. The summed E-state index contributed by atoms with van der Waals surface area (Å²) in [6, 6.07) is 15.7. The van der Waals surface area contributed by atoms with Crippen molar-refractivity contribution >= 4 is 21.7 Å². The van der Waals surface area contributed by atoms with Crippen LogP contribution >= 0.6 is 15.9 Å². The van der Waals surface area contributed by atoms with Gasteiger partial charge in [-0.3, -0.25) is 4.79 Å². The van der Waals surface area contributed by atoms with Crippen LogP contribution in [0.4, 0.5) is 4.39 Å². The van der Waals surface area contributed by atoms with Crippen LogP contribution in [-0.2, 0) is 11.8 Å². The van der Waals surface area contributed by atoms with E-state index in [2.05, 4.69) is 15.9 Å². The Labute approximate surface area is 189 Å². The van der Waals surface area contributed by atoms with Crippen LogP contribution in [0.25, 0.3) is 11.1 Å². The zero-order valence-corrected chi connectivity index (χ0v) is 18.9. The molecule has 4 rings (SSSR count). The molecule has 1 heterocycles. The normalized spacial score (nSPS) is 15.2. The molecule has 0 spiro atoms. The van der Waals surface area contributed by atoms with Gasteiger partial charge in [0, 0.05) is 17.0 Å². The van der Waals surface area contributed by atoms with E-state index < -0.39 is 0 Å². The lowest BCUT2D eigenvalue weighted by Crippen LogP contribution is -2.30. The van der Waals surface area contributed by atoms with Gasteiger partial charge in [0.05, 0.1) is 32.3 Å². The number of benzene rings is 3. The number of ketones is 1. The first-order valence-electron chi connectivity index (χ1n) is 9.90. The molecular weight excluding hydrogens is 463 g/mol. The zero-order valence-electron chi connectivity index (χ0n) is 17.3. The fourth-order valence-electron chi connectivity index (χ4n) is 3.85. The number of carbonyl (C=O) groups is 1. The molecule has 0 N–H and O–H groups in total. The van der Waals surface area contributed by atoms with Gasteiger partial charge in [0.1, 0.15) is 23.1 Å². The third kappa shape index (κ3) is 4.44. The summed E-state index contributed by atoms with van der Waals surface area (Å²) in [6.07, 6.45) is 0.510. The maximum Gasteiger partial charge on any atom is 0.173 e. The molecule has 0 saturated carbocycles. The number of hydrogen-bond acceptors (Lipinski definition) is 4. The average Bonchev–Trinajstić information content (AvgIpc) is 2.80. The molecule has 3 aromatic carbocycles. The van der Waals surface area contributed by atoms with E-state index in [1.165, 1.54) is 12.1 Å². The maximum absolute atomic E-state index is 13.4. The van der Waals surface area contributed by atoms with Crippen molar-refractivity contribution in [2.24, 2.45) is 5.92 Å². The first-order chi connectivity index (χ1) is 15.0. The van der Waals surface area contributed by atoms with Crippen LogP contribution in [0, 0.1) is 11.7 Å². The van der Waals surface area contributed by atoms with Gasteiger partial charge in [0.2, 0.25) is 0 Å². The highest BCUT2D eigenvalue weighted by molar-refractivity contribution is 9.08. The van der Waals surface area contributed by atoms with Gasteiger partial charge in [-0.25, -0.2) is 4.39 Å². The topological polar surface area (TPSA) is 44.8 Å². The van der Waals surface area contributed by atoms with Gasteiger partial charge in [-0.1, -0.05) is 28.1 Å². The Hall–Kier alpha value is -2.86. The van der Waals surface area contributed by atoms with Crippen molar-refractivity contribution in [3.8, 4) is 28.4 Å². The summed E-state index contributed by atoms with van der Waals surface area (Å²) >= 11 is 3.48. The molecule has 1 atom stereocenters. The van der Waals surface area contributed by atoms with Gasteiger partial charge in [-0.05, 0) is 59.5 Å². The molecule has 31 heavy (non-hydrogen) atoms. The molecule has 3 aromatic rings. The Morgan fingerprint density at radius 1 is 0.968 bits per heavy atom. The number of methoxy groups -OCH3 is 2. The first-order valence-corrected chi connectivity index (χ1v) is 11.0. The Bertz CT molecular complexity index is 1090. The molecule has 0 bridgehead atoms. The van der Waals surface area contributed by atoms with Crippen LogP contribution in [0.3, 0.4) is 0 Å². The molecule has 1 unspecified atom stereocenters. The third-order valence-corrected chi connectivity index (χ3v) is 6.06. The van der Waals surface area contributed by atoms with Crippen molar-refractivity contribution in [3.63, 3.8) is 0 Å². The number of rotatable bonds is 6. The van der Waals surface area contributed by atoms with Gasteiger partial charge >= 0.3 is 0 Å². The van der Waals surface area contributed by atoms with E-state index >= 15 is 0 Å². The van der Waals surface area contributed by atoms with Crippen LogP contribution in [-0.4, -0.2) is 26.6 Å². The Kier molecular flexibility index (Phi) is 6.28. The van der Waals surface area contributed by atoms with Gasteiger partial charge in [0.25, 0.3) is 0 Å². The molecule has 0 aliphatic carbocycles. The number of ether oxygens (including phenoxy) is 3. The quantitative estimate of drug-likeness (QED) is 0.412. The minimum atomic E-state index is -0.323. The molecule has 0 fully saturated rings. The van der Waals surface area contributed by atoms with Gasteiger partial charge in [0.15, 0.2) is 5.78 Å². The van der Waals surface area contributed by atoms with Crippen LogP contribution in [0.2, 0.25) is 0 Å². The van der Waals surface area contributed by atoms with E-state index in [1.54, 1.807) is 32.4 Å². The summed E-state index contributed by atoms with van der Waals surface area (Å²) in [6.45, 7) is 0.271. The highest BCUT2D eigenvalue weighted by atomic mass is 79.9. The average molecular weight is 485 g/mol. The highest BCUT2D eigenvalue weighted by Crippen LogP contribution is 2.40. The molecule has 0 aromatic heterocycles. The van der Waals surface area contributed by atoms with Crippen LogP contribution in [0.5, 0.6) is 17.2 Å². The van der Waals surface area contributed by atoms with Gasteiger partial charge < -0.3 is 14.2 Å². The van der Waals surface area contributed by atoms with Crippen LogP contribution in [0.15, 0.2) is 54.6 Å². The van der Waals surface area contributed by atoms with Crippen LogP contribution in [0.1, 0.15) is 21.5 Å². The van der Waals surface area contributed by atoms with Crippen molar-refractivity contribution in [2.45, 2.75) is 11.8 Å². The van der Waals surface area contributed by atoms with E-state index in [4.69, 9.17) is 14.2 Å². The Morgan fingerprint density at radius 3 is 2.23 bits per heavy atom. The summed E-state index contributed by atoms with van der Waals surface area (Å²) in [5.74, 6) is 1.32. The Morgan fingerprint density at radius 2 is 1.61 bits per heavy atom. The van der Waals surface area contributed by atoms with Crippen molar-refractivity contribution < 1.29 is 23.4 Å². The van der Waals surface area contributed by atoms with Crippen molar-refractivity contribution in [1.82, 2.24) is 0 Å². The Balaban J connectivity index is 1.69. The second kappa shape index (κ2) is 9.10. The highest BCUT2D eigenvalue weighted by Gasteiger charge is 2.31. The number of Topliss-reactive ketones (excluding diaryl/α,β-unsaturated/α-hetero) is 1. The summed E-state index contributed by atoms with van der Waals surface area (Å²) in [7, 11) is 3.20. The predicted octanol–water partition coefficient (Wildman–Crippen LogP) is 5.84. The number of alkyl halides is 1. The van der Waals surface area contributed by atoms with E-state index in [0.29, 0.717) is 34.6 Å². The molecule has 4 nitrogen and oxygen atoms in total. The van der Waals surface area contributed by atoms with Gasteiger partial charge in [-0.15, -0.1) is 0 Å². The summed E-state index contributed by atoms with van der Waals surface area (Å²) in [5, 5.41) is 0.597. The summed E-state index contributed by atoms with van der Waals surface area (Å²) < 4.78 is 30.2. The van der Waals surface area contributed by atoms with E-state index in [9.17, 15) is 9.18 Å². The summed E-state index contributed by atoms with van der Waals surface area (Å²) in [5.41, 5.74) is 4.06. The maximum atomic E-state index is 13.4. The minimum absolute atomic E-state index is 0.0363. The minimum Gasteiger partial charge on any atom is -0.497 e. The number of halogens is 2. The standard InChI is InChI=1S/C25H22BrFO4/c1-29-20-8-15(9-21(12-20)30-2)7-18-14-31-25-22(17-3-5-19(27)6-4-17)10-16(13-26)11-23(25)24(18)28/h3-6,8-12,18H,7,13-14H2,1-2H3. The first kappa shape index (κ1) is 21.4. The lowest BCUT2D eigenvalue weighted by Gasteiger charge is -2.27. The lowest BCUT2D eigenvalue weighted by atomic mass is 9.86. The molecule has 0 radical (unpaired) electrons. The lowest BCUT2D eigenvalue weighted by molar-refractivity contribution is 0.0831. The fourth-order valence-corrected chi connectivity index (χ4v) is 4.17. The molecule has 0 saturated heterocycles. The molecule has 1 aliphatic heterocycles. The number of hydrogen-bond donors (Lipinski definition) is 0. The fraction of sp³-hybridized carbons (Fsp3) is 0.240. The van der Waals surface area contributed by atoms with Crippen molar-refractivity contribution in [3.05, 3.63) is 77.1 Å². The van der Waals surface area contributed by atoms with E-state index in [1.807, 2.05) is 24.3 Å². The molecule has 6 heteroatoms.